The molecule has 0 bridgehead atoms. The third-order valence-corrected chi connectivity index (χ3v) is 2.65. The van der Waals surface area contributed by atoms with Crippen molar-refractivity contribution in [2.75, 3.05) is 6.61 Å². The summed E-state index contributed by atoms with van der Waals surface area (Å²) in [6, 6.07) is 7.58. The summed E-state index contributed by atoms with van der Waals surface area (Å²) in [4.78, 5) is 11.3. The van der Waals surface area contributed by atoms with Crippen molar-refractivity contribution < 1.29 is 13.9 Å². The van der Waals surface area contributed by atoms with E-state index in [1.165, 1.54) is 0 Å². The van der Waals surface area contributed by atoms with Gasteiger partial charge in [-0.2, -0.15) is 0 Å². The molecule has 0 aliphatic rings. The lowest BCUT2D eigenvalue weighted by Gasteiger charge is -1.97. The second kappa shape index (κ2) is 4.70. The highest BCUT2D eigenvalue weighted by Gasteiger charge is 2.09. The fraction of sp³-hybridized carbons (Fsp3) is 0.250. The molecular formula is C12H11BrO3. The molecule has 0 unspecified atom stereocenters. The molecule has 0 aliphatic heterocycles. The van der Waals surface area contributed by atoms with E-state index in [9.17, 15) is 4.79 Å². The number of furan rings is 1. The molecular weight excluding hydrogens is 272 g/mol. The maximum Gasteiger partial charge on any atom is 0.313 e. The molecule has 0 amide bonds. The summed E-state index contributed by atoms with van der Waals surface area (Å²) < 4.78 is 11.4. The normalized spacial score (nSPS) is 10.6. The Morgan fingerprint density at radius 2 is 2.25 bits per heavy atom. The third-order valence-electron chi connectivity index (χ3n) is 2.15. The van der Waals surface area contributed by atoms with Crippen LogP contribution in [0.5, 0.6) is 0 Å². The van der Waals surface area contributed by atoms with Crippen LogP contribution in [0.2, 0.25) is 0 Å². The molecule has 1 aromatic heterocycles. The van der Waals surface area contributed by atoms with Crippen molar-refractivity contribution in [3.8, 4) is 0 Å². The summed E-state index contributed by atoms with van der Waals surface area (Å²) in [6.45, 7) is 2.18. The Balaban J connectivity index is 2.23. The van der Waals surface area contributed by atoms with E-state index in [4.69, 9.17) is 9.15 Å². The third kappa shape index (κ3) is 2.44. The number of carbonyl (C=O) groups is 1. The Morgan fingerprint density at radius 3 is 3.00 bits per heavy atom. The Labute approximate surface area is 102 Å². The zero-order valence-corrected chi connectivity index (χ0v) is 10.4. The average Bonchev–Trinajstić information content (AvgIpc) is 2.59. The highest BCUT2D eigenvalue weighted by molar-refractivity contribution is 9.10. The Morgan fingerprint density at radius 1 is 1.44 bits per heavy atom. The molecule has 0 spiro atoms. The average molecular weight is 283 g/mol. The lowest BCUT2D eigenvalue weighted by Crippen LogP contribution is -2.06. The van der Waals surface area contributed by atoms with Crippen molar-refractivity contribution in [2.24, 2.45) is 0 Å². The molecule has 0 fully saturated rings. The number of benzene rings is 1. The summed E-state index contributed by atoms with van der Waals surface area (Å²) in [7, 11) is 0. The van der Waals surface area contributed by atoms with Crippen LogP contribution in [0.1, 0.15) is 12.7 Å². The molecule has 4 heteroatoms. The molecule has 0 atom stereocenters. The summed E-state index contributed by atoms with van der Waals surface area (Å²) in [6.07, 6.45) is 0.181. The number of hydrogen-bond donors (Lipinski definition) is 0. The summed E-state index contributed by atoms with van der Waals surface area (Å²) >= 11 is 3.38. The Kier molecular flexibility index (Phi) is 3.29. The standard InChI is InChI=1S/C12H11BrO3/c1-2-15-12(14)7-10-6-8-5-9(13)3-4-11(8)16-10/h3-6H,2,7H2,1H3. The molecule has 1 heterocycles. The van der Waals surface area contributed by atoms with Crippen LogP contribution < -0.4 is 0 Å². The molecule has 0 N–H and O–H groups in total. The first kappa shape index (κ1) is 11.2. The molecule has 1 aromatic carbocycles. The monoisotopic (exact) mass is 282 g/mol. The van der Waals surface area contributed by atoms with E-state index in [2.05, 4.69) is 15.9 Å². The van der Waals surface area contributed by atoms with Crippen molar-refractivity contribution in [2.45, 2.75) is 13.3 Å². The maximum atomic E-state index is 11.3. The van der Waals surface area contributed by atoms with Crippen molar-refractivity contribution >= 4 is 32.9 Å². The van der Waals surface area contributed by atoms with Crippen LogP contribution in [0.25, 0.3) is 11.0 Å². The van der Waals surface area contributed by atoms with Crippen LogP contribution in [0, 0.1) is 0 Å². The topological polar surface area (TPSA) is 39.4 Å². The summed E-state index contributed by atoms with van der Waals surface area (Å²) in [5.41, 5.74) is 0.780. The van der Waals surface area contributed by atoms with Crippen molar-refractivity contribution in [3.05, 3.63) is 34.5 Å². The molecule has 3 nitrogen and oxygen atoms in total. The van der Waals surface area contributed by atoms with Gasteiger partial charge in [0.25, 0.3) is 0 Å². The maximum absolute atomic E-state index is 11.3. The van der Waals surface area contributed by atoms with Gasteiger partial charge >= 0.3 is 5.97 Å². The largest absolute Gasteiger partial charge is 0.466 e. The van der Waals surface area contributed by atoms with Gasteiger partial charge in [0.15, 0.2) is 0 Å². The van der Waals surface area contributed by atoms with Crippen LogP contribution in [0.3, 0.4) is 0 Å². The van der Waals surface area contributed by atoms with Gasteiger partial charge in [-0.15, -0.1) is 0 Å². The first-order chi connectivity index (χ1) is 7.69. The number of halogens is 1. The number of rotatable bonds is 3. The molecule has 0 saturated carbocycles. The van der Waals surface area contributed by atoms with Crippen LogP contribution >= 0.6 is 15.9 Å². The molecule has 2 rings (SSSR count). The van der Waals surface area contributed by atoms with Gasteiger partial charge in [0, 0.05) is 9.86 Å². The fourth-order valence-corrected chi connectivity index (χ4v) is 1.89. The van der Waals surface area contributed by atoms with E-state index in [-0.39, 0.29) is 12.4 Å². The lowest BCUT2D eigenvalue weighted by atomic mass is 10.2. The Hall–Kier alpha value is -1.29. The van der Waals surface area contributed by atoms with E-state index in [0.29, 0.717) is 12.4 Å². The molecule has 0 aliphatic carbocycles. The van der Waals surface area contributed by atoms with Gasteiger partial charge in [-0.25, -0.2) is 0 Å². The predicted octanol–water partition coefficient (Wildman–Crippen LogP) is 3.30. The predicted molar refractivity (Wildman–Crippen MR) is 64.3 cm³/mol. The molecule has 84 valence electrons. The van der Waals surface area contributed by atoms with Gasteiger partial charge in [0.05, 0.1) is 6.61 Å². The molecule has 2 aromatic rings. The van der Waals surface area contributed by atoms with E-state index < -0.39 is 0 Å². The van der Waals surface area contributed by atoms with Crippen LogP contribution in [0.4, 0.5) is 0 Å². The summed E-state index contributed by atoms with van der Waals surface area (Å²) in [5.74, 6) is 0.368. The highest BCUT2D eigenvalue weighted by atomic mass is 79.9. The van der Waals surface area contributed by atoms with Gasteiger partial charge in [-0.1, -0.05) is 15.9 Å². The smallest absolute Gasteiger partial charge is 0.313 e. The van der Waals surface area contributed by atoms with Gasteiger partial charge in [-0.05, 0) is 31.2 Å². The number of ether oxygens (including phenoxy) is 1. The van der Waals surface area contributed by atoms with Gasteiger partial charge in [0.2, 0.25) is 0 Å². The van der Waals surface area contributed by atoms with Crippen LogP contribution in [0.15, 0.2) is 33.2 Å². The lowest BCUT2D eigenvalue weighted by molar-refractivity contribution is -0.142. The van der Waals surface area contributed by atoms with Gasteiger partial charge < -0.3 is 9.15 Å². The van der Waals surface area contributed by atoms with E-state index in [1.54, 1.807) is 6.92 Å². The quantitative estimate of drug-likeness (QED) is 0.811. The van der Waals surface area contributed by atoms with Gasteiger partial charge in [0.1, 0.15) is 17.8 Å². The van der Waals surface area contributed by atoms with E-state index in [0.717, 1.165) is 15.4 Å². The second-order valence-electron chi connectivity index (χ2n) is 3.38. The first-order valence-electron chi connectivity index (χ1n) is 5.02. The first-order valence-corrected chi connectivity index (χ1v) is 5.82. The zero-order chi connectivity index (χ0) is 11.5. The minimum absolute atomic E-state index is 0.181. The number of esters is 1. The number of hydrogen-bond acceptors (Lipinski definition) is 3. The molecule has 0 saturated heterocycles. The second-order valence-corrected chi connectivity index (χ2v) is 4.29. The van der Waals surface area contributed by atoms with Crippen molar-refractivity contribution in [3.63, 3.8) is 0 Å². The minimum atomic E-state index is -0.263. The van der Waals surface area contributed by atoms with E-state index >= 15 is 0 Å². The Bertz CT molecular complexity index is 516. The number of fused-ring (bicyclic) bond motifs is 1. The zero-order valence-electron chi connectivity index (χ0n) is 8.83. The highest BCUT2D eigenvalue weighted by Crippen LogP contribution is 2.23. The molecule has 16 heavy (non-hydrogen) atoms. The van der Waals surface area contributed by atoms with Crippen molar-refractivity contribution in [1.29, 1.82) is 0 Å². The fourth-order valence-electron chi connectivity index (χ4n) is 1.51. The minimum Gasteiger partial charge on any atom is -0.466 e. The summed E-state index contributed by atoms with van der Waals surface area (Å²) in [5, 5.41) is 0.980. The van der Waals surface area contributed by atoms with Gasteiger partial charge in [-0.3, -0.25) is 4.79 Å². The van der Waals surface area contributed by atoms with E-state index in [1.807, 2.05) is 24.3 Å². The SMILES string of the molecule is CCOC(=O)Cc1cc2cc(Br)ccc2o1. The number of carbonyl (C=O) groups excluding carboxylic acids is 1. The van der Waals surface area contributed by atoms with Crippen LogP contribution in [-0.4, -0.2) is 12.6 Å². The van der Waals surface area contributed by atoms with Crippen LogP contribution in [-0.2, 0) is 16.0 Å². The van der Waals surface area contributed by atoms with Crippen molar-refractivity contribution in [1.82, 2.24) is 0 Å². The molecule has 0 radical (unpaired) electrons.